The highest BCUT2D eigenvalue weighted by atomic mass is 32.1. The zero-order valence-electron chi connectivity index (χ0n) is 24.2. The number of methoxy groups -OCH3 is 1. The zero-order chi connectivity index (χ0) is 29.9. The number of pyridine rings is 1. The summed E-state index contributed by atoms with van der Waals surface area (Å²) in [5, 5.41) is 20.2. The maximum absolute atomic E-state index is 14.6. The fourth-order valence-corrected chi connectivity index (χ4v) is 6.43. The van der Waals surface area contributed by atoms with Gasteiger partial charge in [0.25, 0.3) is 0 Å². The van der Waals surface area contributed by atoms with Gasteiger partial charge in [-0.15, -0.1) is 11.3 Å². The Kier molecular flexibility index (Phi) is 9.22. The topological polar surface area (TPSA) is 106 Å². The molecule has 42 heavy (non-hydrogen) atoms. The number of ether oxygens (including phenoxy) is 2. The highest BCUT2D eigenvalue weighted by molar-refractivity contribution is 7.13. The molecular weight excluding hydrogens is 562 g/mol. The quantitative estimate of drug-likeness (QED) is 0.277. The molecule has 1 spiro atoms. The van der Waals surface area contributed by atoms with Crippen molar-refractivity contribution in [3.63, 3.8) is 0 Å². The number of thiazole rings is 1. The lowest BCUT2D eigenvalue weighted by molar-refractivity contribution is -0.126. The maximum atomic E-state index is 14.6. The van der Waals surface area contributed by atoms with Gasteiger partial charge in [0.2, 0.25) is 11.8 Å². The van der Waals surface area contributed by atoms with Gasteiger partial charge in [0.1, 0.15) is 28.7 Å². The van der Waals surface area contributed by atoms with Crippen molar-refractivity contribution >= 4 is 17.2 Å². The first kappa shape index (κ1) is 30.5. The van der Waals surface area contributed by atoms with Crippen molar-refractivity contribution in [1.82, 2.24) is 20.6 Å². The van der Waals surface area contributed by atoms with Crippen LogP contribution >= 0.6 is 11.3 Å². The Morgan fingerprint density at radius 3 is 2.74 bits per heavy atom. The van der Waals surface area contributed by atoms with Crippen molar-refractivity contribution in [1.29, 1.82) is 0 Å². The molecule has 226 valence electrons. The molecule has 0 saturated heterocycles. The number of rotatable bonds is 12. The van der Waals surface area contributed by atoms with Crippen LogP contribution in [0.3, 0.4) is 0 Å². The number of fused-ring (bicyclic) bond motifs is 1. The molecule has 2 aliphatic rings. The molecule has 3 heterocycles. The third kappa shape index (κ3) is 7.50. The predicted molar refractivity (Wildman–Crippen MR) is 157 cm³/mol. The van der Waals surface area contributed by atoms with Crippen LogP contribution in [0, 0.1) is 5.82 Å². The Balaban J connectivity index is 1.35. The zero-order valence-corrected chi connectivity index (χ0v) is 25.0. The van der Waals surface area contributed by atoms with Gasteiger partial charge in [0, 0.05) is 61.4 Å². The first-order valence-corrected chi connectivity index (χ1v) is 15.2. The summed E-state index contributed by atoms with van der Waals surface area (Å²) in [5.41, 5.74) is 1.18. The van der Waals surface area contributed by atoms with Crippen LogP contribution < -0.4 is 15.4 Å². The molecule has 0 bridgehead atoms. The van der Waals surface area contributed by atoms with Crippen LogP contribution in [-0.4, -0.2) is 64.7 Å². The van der Waals surface area contributed by atoms with Crippen LogP contribution in [0.15, 0.2) is 42.0 Å². The van der Waals surface area contributed by atoms with Crippen LogP contribution in [0.5, 0.6) is 5.88 Å². The molecule has 1 fully saturated rings. The molecule has 3 atom stereocenters. The molecule has 1 aliphatic heterocycles. The second-order valence-electron chi connectivity index (χ2n) is 12.0. The molecule has 1 amide bonds. The molecule has 1 aromatic carbocycles. The Morgan fingerprint density at radius 1 is 1.26 bits per heavy atom. The number of hydrogen-bond acceptors (Lipinski definition) is 8. The number of aromatic nitrogens is 2. The van der Waals surface area contributed by atoms with Crippen LogP contribution in [-0.2, 0) is 22.4 Å². The molecule has 1 aliphatic carbocycles. The smallest absolute Gasteiger partial charge is 0.246 e. The highest BCUT2D eigenvalue weighted by Crippen LogP contribution is 2.48. The number of carbonyl (C=O) groups is 1. The fraction of sp³-hybridized carbons (Fsp3) is 0.516. The van der Waals surface area contributed by atoms with Gasteiger partial charge in [-0.05, 0) is 74.9 Å². The molecule has 0 unspecified atom stereocenters. The number of carbonyl (C=O) groups excluding carboxylic acids is 1. The molecule has 3 N–H and O–H groups in total. The van der Waals surface area contributed by atoms with Crippen LogP contribution in [0.4, 0.5) is 8.78 Å². The third-order valence-corrected chi connectivity index (χ3v) is 8.66. The van der Waals surface area contributed by atoms with E-state index in [2.05, 4.69) is 20.6 Å². The van der Waals surface area contributed by atoms with Gasteiger partial charge in [-0.3, -0.25) is 4.79 Å². The lowest BCUT2D eigenvalue weighted by Gasteiger charge is -2.47. The lowest BCUT2D eigenvalue weighted by Crippen LogP contribution is -2.52. The van der Waals surface area contributed by atoms with Gasteiger partial charge in [-0.2, -0.15) is 0 Å². The van der Waals surface area contributed by atoms with Crippen molar-refractivity contribution in [2.75, 3.05) is 20.3 Å². The Bertz CT molecular complexity index is 1380. The lowest BCUT2D eigenvalue weighted by atomic mass is 9.73. The van der Waals surface area contributed by atoms with Gasteiger partial charge in [-0.1, -0.05) is 0 Å². The van der Waals surface area contributed by atoms with Crippen LogP contribution in [0.2, 0.25) is 0 Å². The van der Waals surface area contributed by atoms with Crippen molar-refractivity contribution in [2.24, 2.45) is 0 Å². The Morgan fingerprint density at radius 2 is 2.07 bits per heavy atom. The van der Waals surface area contributed by atoms with Gasteiger partial charge in [0.15, 0.2) is 0 Å². The van der Waals surface area contributed by atoms with Gasteiger partial charge < -0.3 is 25.2 Å². The SMILES string of the molecule is COCC(=O)N[C@@H](Cc1cc(F)cc(-c2nccs2)c1)[C@@H](O)CN[C@H]1CC2(CCC2)Oc2ncc(CC(C)(C)F)cc21. The van der Waals surface area contributed by atoms with E-state index in [1.165, 1.54) is 44.4 Å². The number of benzene rings is 1. The second-order valence-corrected chi connectivity index (χ2v) is 12.9. The van der Waals surface area contributed by atoms with E-state index >= 15 is 0 Å². The van der Waals surface area contributed by atoms with E-state index in [0.29, 0.717) is 28.4 Å². The Labute approximate surface area is 248 Å². The summed E-state index contributed by atoms with van der Waals surface area (Å²) in [5.74, 6) is -0.268. The number of nitrogens with zero attached hydrogens (tertiary/aromatic N) is 2. The van der Waals surface area contributed by atoms with Crippen molar-refractivity contribution in [3.8, 4) is 16.5 Å². The maximum Gasteiger partial charge on any atom is 0.246 e. The van der Waals surface area contributed by atoms with Crippen LogP contribution in [0.1, 0.15) is 62.3 Å². The summed E-state index contributed by atoms with van der Waals surface area (Å²) in [6, 6.07) is 5.68. The first-order valence-electron chi connectivity index (χ1n) is 14.3. The number of nitrogens with one attached hydrogen (secondary N) is 2. The molecule has 5 rings (SSSR count). The first-order chi connectivity index (χ1) is 20.0. The monoisotopic (exact) mass is 600 g/mol. The van der Waals surface area contributed by atoms with E-state index in [9.17, 15) is 18.7 Å². The summed E-state index contributed by atoms with van der Waals surface area (Å²) in [6.07, 6.45) is 6.34. The predicted octanol–water partition coefficient (Wildman–Crippen LogP) is 4.71. The molecule has 2 aromatic heterocycles. The van der Waals surface area contributed by atoms with E-state index in [4.69, 9.17) is 9.47 Å². The molecule has 11 heteroatoms. The summed E-state index contributed by atoms with van der Waals surface area (Å²) in [6.45, 7) is 3.05. The van der Waals surface area contributed by atoms with Gasteiger partial charge in [0.05, 0.1) is 12.1 Å². The largest absolute Gasteiger partial charge is 0.471 e. The average molecular weight is 601 g/mol. The molecular formula is C31H38F2N4O4S. The average Bonchev–Trinajstić information content (AvgIpc) is 3.44. The Hall–Kier alpha value is -2.99. The van der Waals surface area contributed by atoms with E-state index < -0.39 is 23.6 Å². The van der Waals surface area contributed by atoms with Crippen molar-refractivity contribution in [2.45, 2.75) is 81.8 Å². The van der Waals surface area contributed by atoms with E-state index in [0.717, 1.165) is 30.4 Å². The molecule has 1 saturated carbocycles. The molecule has 8 nitrogen and oxygen atoms in total. The summed E-state index contributed by atoms with van der Waals surface area (Å²) in [7, 11) is 1.42. The summed E-state index contributed by atoms with van der Waals surface area (Å²) < 4.78 is 40.3. The van der Waals surface area contributed by atoms with Gasteiger partial charge in [-0.25, -0.2) is 18.7 Å². The molecule has 0 radical (unpaired) electrons. The van der Waals surface area contributed by atoms with E-state index in [1.807, 2.05) is 17.5 Å². The summed E-state index contributed by atoms with van der Waals surface area (Å²) >= 11 is 1.40. The number of hydrogen-bond donors (Lipinski definition) is 3. The van der Waals surface area contributed by atoms with Crippen LogP contribution in [0.25, 0.3) is 10.6 Å². The number of aliphatic hydroxyl groups excluding tert-OH is 1. The minimum Gasteiger partial charge on any atom is -0.471 e. The van der Waals surface area contributed by atoms with E-state index in [-0.39, 0.29) is 43.5 Å². The van der Waals surface area contributed by atoms with E-state index in [1.54, 1.807) is 12.4 Å². The summed E-state index contributed by atoms with van der Waals surface area (Å²) in [4.78, 5) is 21.3. The minimum absolute atomic E-state index is 0.144. The number of alkyl halides is 1. The highest BCUT2D eigenvalue weighted by Gasteiger charge is 2.46. The minimum atomic E-state index is -1.39. The number of halogens is 2. The second kappa shape index (κ2) is 12.7. The van der Waals surface area contributed by atoms with Gasteiger partial charge >= 0.3 is 0 Å². The normalized spacial score (nSPS) is 19.0. The van der Waals surface area contributed by atoms with Crippen molar-refractivity contribution < 1.29 is 28.2 Å². The standard InChI is InChI=1S/C31H38F2N4O4S/c1-30(2,33)14-20-11-23-25(15-31(5-4-6-31)41-28(23)36-16-20)35-17-26(38)24(37-27(39)18-40-3)12-19-9-21(13-22(32)10-19)29-34-7-8-42-29/h7-11,13,16,24-26,35,38H,4-6,12,14-15,17-18H2,1-3H3,(H,37,39)/t24-,25-,26-/m0/s1. The third-order valence-electron chi connectivity index (χ3n) is 7.84. The molecule has 3 aromatic rings. The van der Waals surface area contributed by atoms with Crippen molar-refractivity contribution in [3.05, 3.63) is 64.5 Å². The number of aliphatic hydroxyl groups is 1. The number of amides is 1. The fourth-order valence-electron chi connectivity index (χ4n) is 5.80.